The van der Waals surface area contributed by atoms with E-state index in [1.807, 2.05) is 13.0 Å². The van der Waals surface area contributed by atoms with Crippen molar-refractivity contribution in [1.82, 2.24) is 0 Å². The van der Waals surface area contributed by atoms with Gasteiger partial charge in [-0.2, -0.15) is 0 Å². The maximum Gasteiger partial charge on any atom is 0.0695 e. The highest BCUT2D eigenvalue weighted by molar-refractivity contribution is 5.08. The lowest BCUT2D eigenvalue weighted by molar-refractivity contribution is 0.240. The van der Waals surface area contributed by atoms with Crippen LogP contribution in [0.4, 0.5) is 0 Å². The molecule has 0 aromatic heterocycles. The molecule has 3 unspecified atom stereocenters. The zero-order valence-corrected chi connectivity index (χ0v) is 8.38. The second-order valence-electron chi connectivity index (χ2n) is 4.42. The van der Waals surface area contributed by atoms with Gasteiger partial charge in [-0.3, -0.25) is 0 Å². The number of rotatable bonds is 1. The van der Waals surface area contributed by atoms with E-state index >= 15 is 0 Å². The largest absolute Gasteiger partial charge is 0.389 e. The molecule has 1 saturated carbocycles. The fourth-order valence-electron chi connectivity index (χ4n) is 2.31. The third-order valence-corrected chi connectivity index (χ3v) is 2.50. The molecule has 0 spiro atoms. The zero-order chi connectivity index (χ0) is 9.14. The molecular formula is C11H20O. The van der Waals surface area contributed by atoms with Gasteiger partial charge in [0.2, 0.25) is 0 Å². The second-order valence-corrected chi connectivity index (χ2v) is 4.42. The minimum atomic E-state index is -0.266. The SMILES string of the molecule is CC(O)C=C1CC(C)CC(C)C1. The van der Waals surface area contributed by atoms with Gasteiger partial charge in [-0.1, -0.05) is 25.5 Å². The van der Waals surface area contributed by atoms with Crippen LogP contribution in [0.15, 0.2) is 11.6 Å². The Balaban J connectivity index is 2.55. The van der Waals surface area contributed by atoms with Gasteiger partial charge in [-0.05, 0) is 38.0 Å². The summed E-state index contributed by atoms with van der Waals surface area (Å²) in [6.07, 6.45) is 5.48. The molecule has 0 radical (unpaired) electrons. The Hall–Kier alpha value is -0.300. The van der Waals surface area contributed by atoms with Crippen molar-refractivity contribution >= 4 is 0 Å². The van der Waals surface area contributed by atoms with Crippen LogP contribution in [0.5, 0.6) is 0 Å². The van der Waals surface area contributed by atoms with Crippen molar-refractivity contribution in [3.8, 4) is 0 Å². The Kier molecular flexibility index (Phi) is 3.33. The molecule has 1 aliphatic rings. The summed E-state index contributed by atoms with van der Waals surface area (Å²) in [4.78, 5) is 0. The second kappa shape index (κ2) is 4.08. The van der Waals surface area contributed by atoms with Gasteiger partial charge in [-0.25, -0.2) is 0 Å². The normalized spacial score (nSPS) is 33.2. The van der Waals surface area contributed by atoms with E-state index in [2.05, 4.69) is 13.8 Å². The summed E-state index contributed by atoms with van der Waals surface area (Å²) < 4.78 is 0. The molecule has 0 amide bonds. The molecule has 12 heavy (non-hydrogen) atoms. The molecule has 1 aliphatic carbocycles. The van der Waals surface area contributed by atoms with E-state index in [9.17, 15) is 5.11 Å². The topological polar surface area (TPSA) is 20.2 Å². The van der Waals surface area contributed by atoms with Gasteiger partial charge >= 0.3 is 0 Å². The lowest BCUT2D eigenvalue weighted by Crippen LogP contribution is -2.13. The Labute approximate surface area is 75.5 Å². The Morgan fingerprint density at radius 3 is 2.25 bits per heavy atom. The highest BCUT2D eigenvalue weighted by Crippen LogP contribution is 2.32. The minimum absolute atomic E-state index is 0.266. The number of aliphatic hydroxyl groups is 1. The molecule has 1 fully saturated rings. The van der Waals surface area contributed by atoms with Crippen molar-refractivity contribution in [2.75, 3.05) is 0 Å². The molecular weight excluding hydrogens is 148 g/mol. The van der Waals surface area contributed by atoms with Gasteiger partial charge in [0.05, 0.1) is 6.10 Å². The average Bonchev–Trinajstić information content (AvgIpc) is 1.81. The van der Waals surface area contributed by atoms with Crippen LogP contribution in [0, 0.1) is 11.8 Å². The number of aliphatic hydroxyl groups excluding tert-OH is 1. The molecule has 1 rings (SSSR count). The van der Waals surface area contributed by atoms with Crippen molar-refractivity contribution in [3.63, 3.8) is 0 Å². The summed E-state index contributed by atoms with van der Waals surface area (Å²) in [6, 6.07) is 0. The van der Waals surface area contributed by atoms with E-state index in [1.165, 1.54) is 24.8 Å². The van der Waals surface area contributed by atoms with Crippen LogP contribution >= 0.6 is 0 Å². The molecule has 0 aliphatic heterocycles. The molecule has 1 heteroatoms. The van der Waals surface area contributed by atoms with E-state index < -0.39 is 0 Å². The third kappa shape index (κ3) is 2.98. The highest BCUT2D eigenvalue weighted by atomic mass is 16.3. The van der Waals surface area contributed by atoms with Gasteiger partial charge in [0.25, 0.3) is 0 Å². The van der Waals surface area contributed by atoms with Gasteiger partial charge in [-0.15, -0.1) is 0 Å². The summed E-state index contributed by atoms with van der Waals surface area (Å²) in [5.41, 5.74) is 1.45. The van der Waals surface area contributed by atoms with Crippen LogP contribution < -0.4 is 0 Å². The molecule has 0 bridgehead atoms. The first-order valence-electron chi connectivity index (χ1n) is 4.95. The summed E-state index contributed by atoms with van der Waals surface area (Å²) in [6.45, 7) is 6.42. The molecule has 0 saturated heterocycles. The zero-order valence-electron chi connectivity index (χ0n) is 8.38. The van der Waals surface area contributed by atoms with Crippen LogP contribution in [0.1, 0.15) is 40.0 Å². The molecule has 70 valence electrons. The maximum absolute atomic E-state index is 9.20. The van der Waals surface area contributed by atoms with Gasteiger partial charge in [0.1, 0.15) is 0 Å². The predicted octanol–water partition coefficient (Wildman–Crippen LogP) is 2.75. The first-order valence-corrected chi connectivity index (χ1v) is 4.95. The van der Waals surface area contributed by atoms with Gasteiger partial charge in [0, 0.05) is 0 Å². The van der Waals surface area contributed by atoms with E-state index in [4.69, 9.17) is 0 Å². The maximum atomic E-state index is 9.20. The third-order valence-electron chi connectivity index (χ3n) is 2.50. The summed E-state index contributed by atoms with van der Waals surface area (Å²) >= 11 is 0. The standard InChI is InChI=1S/C11H20O/c1-8-4-9(2)6-11(5-8)7-10(3)12/h7-10,12H,4-6H2,1-3H3. The van der Waals surface area contributed by atoms with E-state index in [0.717, 1.165) is 11.8 Å². The van der Waals surface area contributed by atoms with Crippen molar-refractivity contribution in [2.24, 2.45) is 11.8 Å². The quantitative estimate of drug-likeness (QED) is 0.597. The van der Waals surface area contributed by atoms with Crippen molar-refractivity contribution < 1.29 is 5.11 Å². The molecule has 0 aromatic rings. The lowest BCUT2D eigenvalue weighted by atomic mass is 9.80. The lowest BCUT2D eigenvalue weighted by Gasteiger charge is -2.26. The molecule has 1 nitrogen and oxygen atoms in total. The monoisotopic (exact) mass is 168 g/mol. The van der Waals surface area contributed by atoms with E-state index in [0.29, 0.717) is 0 Å². The number of hydrogen-bond acceptors (Lipinski definition) is 1. The molecule has 0 heterocycles. The van der Waals surface area contributed by atoms with Crippen LogP contribution in [-0.2, 0) is 0 Å². The fourth-order valence-corrected chi connectivity index (χ4v) is 2.31. The Morgan fingerprint density at radius 2 is 1.83 bits per heavy atom. The summed E-state index contributed by atoms with van der Waals surface area (Å²) in [5, 5.41) is 9.20. The number of allylic oxidation sites excluding steroid dienone is 1. The molecule has 3 atom stereocenters. The Morgan fingerprint density at radius 1 is 1.33 bits per heavy atom. The smallest absolute Gasteiger partial charge is 0.0695 e. The fraction of sp³-hybridized carbons (Fsp3) is 0.818. The number of hydrogen-bond donors (Lipinski definition) is 1. The van der Waals surface area contributed by atoms with Gasteiger partial charge in [0.15, 0.2) is 0 Å². The molecule has 1 N–H and O–H groups in total. The van der Waals surface area contributed by atoms with Crippen LogP contribution in [0.2, 0.25) is 0 Å². The first-order chi connectivity index (χ1) is 5.58. The van der Waals surface area contributed by atoms with Crippen LogP contribution in [0.3, 0.4) is 0 Å². The predicted molar refractivity (Wildman–Crippen MR) is 51.9 cm³/mol. The van der Waals surface area contributed by atoms with E-state index in [1.54, 1.807) is 0 Å². The summed E-state index contributed by atoms with van der Waals surface area (Å²) in [7, 11) is 0. The van der Waals surface area contributed by atoms with Crippen molar-refractivity contribution in [2.45, 2.75) is 46.1 Å². The van der Waals surface area contributed by atoms with E-state index in [-0.39, 0.29) is 6.10 Å². The van der Waals surface area contributed by atoms with Crippen molar-refractivity contribution in [3.05, 3.63) is 11.6 Å². The van der Waals surface area contributed by atoms with Crippen molar-refractivity contribution in [1.29, 1.82) is 0 Å². The first kappa shape index (κ1) is 9.79. The van der Waals surface area contributed by atoms with Crippen LogP contribution in [-0.4, -0.2) is 11.2 Å². The average molecular weight is 168 g/mol. The van der Waals surface area contributed by atoms with Gasteiger partial charge < -0.3 is 5.11 Å². The highest BCUT2D eigenvalue weighted by Gasteiger charge is 2.18. The minimum Gasteiger partial charge on any atom is -0.389 e. The summed E-state index contributed by atoms with van der Waals surface area (Å²) in [5.74, 6) is 1.61. The molecule has 0 aromatic carbocycles. The Bertz CT molecular complexity index is 158. The van der Waals surface area contributed by atoms with Crippen LogP contribution in [0.25, 0.3) is 0 Å².